The lowest BCUT2D eigenvalue weighted by atomic mass is 10.1. The Morgan fingerprint density at radius 2 is 1.62 bits per heavy atom. The molecule has 0 aliphatic carbocycles. The van der Waals surface area contributed by atoms with Crippen molar-refractivity contribution < 1.29 is 19.8 Å². The number of aromatic carboxylic acids is 2. The molecule has 1 aromatic rings. The molecule has 0 fully saturated rings. The van der Waals surface area contributed by atoms with Gasteiger partial charge in [0.1, 0.15) is 0 Å². The van der Waals surface area contributed by atoms with Gasteiger partial charge in [-0.1, -0.05) is 0 Å². The third kappa shape index (κ3) is 2.18. The van der Waals surface area contributed by atoms with E-state index in [1.165, 1.54) is 12.1 Å². The molecule has 0 saturated heterocycles. The van der Waals surface area contributed by atoms with Crippen LogP contribution in [0.2, 0.25) is 0 Å². The molecule has 0 aliphatic heterocycles. The van der Waals surface area contributed by atoms with Crippen molar-refractivity contribution in [1.82, 2.24) is 0 Å². The van der Waals surface area contributed by atoms with E-state index in [2.05, 4.69) is 0 Å². The maximum atomic E-state index is 10.6. The van der Waals surface area contributed by atoms with E-state index >= 15 is 0 Å². The zero-order chi connectivity index (χ0) is 10.0. The normalized spacial score (nSPS) is 9.62. The van der Waals surface area contributed by atoms with Gasteiger partial charge in [0, 0.05) is 3.57 Å². The molecule has 0 aliphatic rings. The molecule has 0 atom stereocenters. The lowest BCUT2D eigenvalue weighted by Gasteiger charge is -2.00. The van der Waals surface area contributed by atoms with Crippen molar-refractivity contribution in [3.63, 3.8) is 0 Å². The maximum Gasteiger partial charge on any atom is 0.336 e. The van der Waals surface area contributed by atoms with Gasteiger partial charge in [-0.25, -0.2) is 9.59 Å². The van der Waals surface area contributed by atoms with Crippen molar-refractivity contribution >= 4 is 34.5 Å². The van der Waals surface area contributed by atoms with Crippen molar-refractivity contribution in [2.24, 2.45) is 0 Å². The molecular formula is C8H5IO4. The molecule has 0 saturated carbocycles. The lowest BCUT2D eigenvalue weighted by Crippen LogP contribution is -2.07. The second-order valence-electron chi connectivity index (χ2n) is 2.30. The molecule has 0 spiro atoms. The highest BCUT2D eigenvalue weighted by atomic mass is 123. The highest BCUT2D eigenvalue weighted by Crippen LogP contribution is 2.13. The highest BCUT2D eigenvalue weighted by molar-refractivity contribution is 14.1. The molecule has 0 bridgehead atoms. The van der Waals surface area contributed by atoms with Crippen molar-refractivity contribution in [1.29, 1.82) is 0 Å². The van der Waals surface area contributed by atoms with E-state index in [-0.39, 0.29) is 11.1 Å². The summed E-state index contributed by atoms with van der Waals surface area (Å²) in [6.45, 7) is 0. The summed E-state index contributed by atoms with van der Waals surface area (Å²) in [4.78, 5) is 21.2. The fraction of sp³-hybridized carbons (Fsp3) is 0. The molecule has 0 aromatic heterocycles. The summed E-state index contributed by atoms with van der Waals surface area (Å²) >= 11 is 1.92. The molecule has 2 N–H and O–H groups in total. The quantitative estimate of drug-likeness (QED) is 0.812. The Morgan fingerprint density at radius 1 is 1.08 bits per heavy atom. The third-order valence-corrected chi connectivity index (χ3v) is 2.11. The average Bonchev–Trinajstić information content (AvgIpc) is 2.03. The van der Waals surface area contributed by atoms with Crippen LogP contribution in [0.3, 0.4) is 0 Å². The summed E-state index contributed by atoms with van der Waals surface area (Å²) in [7, 11) is 0. The van der Waals surface area contributed by atoms with Crippen LogP contribution in [0.4, 0.5) is 0 Å². The molecule has 5 heteroatoms. The second kappa shape index (κ2) is 3.73. The summed E-state index contributed by atoms with van der Waals surface area (Å²) in [5, 5.41) is 17.3. The van der Waals surface area contributed by atoms with Crippen molar-refractivity contribution in [2.75, 3.05) is 0 Å². The number of rotatable bonds is 2. The van der Waals surface area contributed by atoms with Gasteiger partial charge in [0.2, 0.25) is 0 Å². The lowest BCUT2D eigenvalue weighted by molar-refractivity contribution is 0.0651. The topological polar surface area (TPSA) is 74.6 Å². The fourth-order valence-corrected chi connectivity index (χ4v) is 1.37. The Labute approximate surface area is 87.3 Å². The molecular weight excluding hydrogens is 283 g/mol. The molecule has 13 heavy (non-hydrogen) atoms. The molecule has 0 unspecified atom stereocenters. The van der Waals surface area contributed by atoms with Gasteiger partial charge in [-0.3, -0.25) is 0 Å². The smallest absolute Gasteiger partial charge is 0.336 e. The summed E-state index contributed by atoms with van der Waals surface area (Å²) in [6.07, 6.45) is 0. The van der Waals surface area contributed by atoms with E-state index in [4.69, 9.17) is 10.2 Å². The number of benzene rings is 1. The van der Waals surface area contributed by atoms with Gasteiger partial charge in [0.25, 0.3) is 0 Å². The van der Waals surface area contributed by atoms with Crippen LogP contribution in [0.15, 0.2) is 18.2 Å². The van der Waals surface area contributed by atoms with Gasteiger partial charge in [-0.05, 0) is 40.8 Å². The predicted octanol–water partition coefficient (Wildman–Crippen LogP) is 1.69. The number of carboxylic acids is 2. The fourth-order valence-electron chi connectivity index (χ4n) is 0.880. The summed E-state index contributed by atoms with van der Waals surface area (Å²) in [6, 6.07) is 4.16. The Bertz CT molecular complexity index is 372. The van der Waals surface area contributed by atoms with E-state index in [0.717, 1.165) is 0 Å². The molecule has 1 aromatic carbocycles. The first-order chi connectivity index (χ1) is 6.02. The number of carbonyl (C=O) groups is 2. The largest absolute Gasteiger partial charge is 0.478 e. The highest BCUT2D eigenvalue weighted by Gasteiger charge is 2.15. The van der Waals surface area contributed by atoms with Crippen molar-refractivity contribution in [3.05, 3.63) is 32.9 Å². The monoisotopic (exact) mass is 288 g/mol. The number of hydrogen-bond acceptors (Lipinski definition) is 2. The number of halogens is 1. The van der Waals surface area contributed by atoms with Gasteiger partial charge in [0.15, 0.2) is 0 Å². The van der Waals surface area contributed by atoms with E-state index in [9.17, 15) is 9.59 Å². The minimum Gasteiger partial charge on any atom is -0.478 e. The van der Waals surface area contributed by atoms with E-state index in [1.807, 2.05) is 22.6 Å². The van der Waals surface area contributed by atoms with Crippen LogP contribution in [0.1, 0.15) is 20.7 Å². The van der Waals surface area contributed by atoms with E-state index in [1.54, 1.807) is 6.07 Å². The van der Waals surface area contributed by atoms with Gasteiger partial charge in [-0.2, -0.15) is 0 Å². The molecule has 0 radical (unpaired) electrons. The van der Waals surface area contributed by atoms with E-state index in [0.29, 0.717) is 3.57 Å². The first-order valence-electron chi connectivity index (χ1n) is 3.28. The van der Waals surface area contributed by atoms with Crippen LogP contribution in [-0.4, -0.2) is 22.2 Å². The van der Waals surface area contributed by atoms with Crippen LogP contribution in [0.5, 0.6) is 0 Å². The van der Waals surface area contributed by atoms with Crippen LogP contribution >= 0.6 is 22.6 Å². The van der Waals surface area contributed by atoms with Crippen LogP contribution < -0.4 is 0 Å². The number of carboxylic acid groups (broad SMARTS) is 2. The number of hydrogen-bond donors (Lipinski definition) is 2. The molecule has 68 valence electrons. The SMILES string of the molecule is O=C(O)c1ccc([123I])cc1C(=O)O. The molecule has 0 heterocycles. The average molecular weight is 288 g/mol. The summed E-state index contributed by atoms with van der Waals surface area (Å²) in [5.74, 6) is -2.45. The Balaban J connectivity index is 3.35. The molecule has 4 nitrogen and oxygen atoms in total. The zero-order valence-electron chi connectivity index (χ0n) is 6.32. The summed E-state index contributed by atoms with van der Waals surface area (Å²) < 4.78 is 0.694. The van der Waals surface area contributed by atoms with Crippen LogP contribution in [-0.2, 0) is 0 Å². The Morgan fingerprint density at radius 3 is 2.08 bits per heavy atom. The Kier molecular flexibility index (Phi) is 2.86. The Hall–Kier alpha value is -1.11. The van der Waals surface area contributed by atoms with Gasteiger partial charge in [-0.15, -0.1) is 0 Å². The first kappa shape index (κ1) is 9.97. The molecule has 0 amide bonds. The zero-order valence-corrected chi connectivity index (χ0v) is 8.48. The minimum atomic E-state index is -1.23. The molecule has 1 rings (SSSR count). The van der Waals surface area contributed by atoms with Crippen molar-refractivity contribution in [3.8, 4) is 0 Å². The van der Waals surface area contributed by atoms with Gasteiger partial charge in [0.05, 0.1) is 11.1 Å². The summed E-state index contributed by atoms with van der Waals surface area (Å²) in [5.41, 5.74) is -0.368. The van der Waals surface area contributed by atoms with Gasteiger partial charge < -0.3 is 10.2 Å². The van der Waals surface area contributed by atoms with Crippen molar-refractivity contribution in [2.45, 2.75) is 0 Å². The van der Waals surface area contributed by atoms with E-state index < -0.39 is 11.9 Å². The van der Waals surface area contributed by atoms with Crippen LogP contribution in [0.25, 0.3) is 0 Å². The second-order valence-corrected chi connectivity index (χ2v) is 3.55. The van der Waals surface area contributed by atoms with Gasteiger partial charge >= 0.3 is 11.9 Å². The standard InChI is InChI=1S/C8H5IO4/c9-4-1-2-5(7(10)11)6(3-4)8(12)13/h1-3H,(H,10,11)(H,12,13)/i9-4. The minimum absolute atomic E-state index is 0.181. The predicted molar refractivity (Wildman–Crippen MR) is 53.1 cm³/mol. The van der Waals surface area contributed by atoms with Crippen LogP contribution in [0, 0.1) is 3.57 Å². The maximum absolute atomic E-state index is 10.6. The first-order valence-corrected chi connectivity index (χ1v) is 4.36. The third-order valence-electron chi connectivity index (χ3n) is 1.44.